The Bertz CT molecular complexity index is 926. The van der Waals surface area contributed by atoms with Gasteiger partial charge in [0, 0.05) is 23.6 Å². The first-order valence-electron chi connectivity index (χ1n) is 7.65. The van der Waals surface area contributed by atoms with E-state index in [1.807, 2.05) is 12.3 Å². The van der Waals surface area contributed by atoms with E-state index in [0.717, 1.165) is 21.5 Å². The highest BCUT2D eigenvalue weighted by Gasteiger charge is 2.34. The standard InChI is InChI=1S/C18H15N3O3/c22-12-5-6-16-15(9-12)11(10-19-16)7-8-20-21-17(23)13-3-1-2-4-14(13)18(21)24/h1-6,9-10,19-20,22H,7-8H2. The van der Waals surface area contributed by atoms with Gasteiger partial charge in [-0.2, -0.15) is 0 Å². The second-order valence-corrected chi connectivity index (χ2v) is 5.69. The van der Waals surface area contributed by atoms with Crippen molar-refractivity contribution in [3.8, 4) is 5.75 Å². The number of rotatable bonds is 4. The molecular weight excluding hydrogens is 306 g/mol. The number of phenolic OH excluding ortho intramolecular Hbond substituents is 1. The quantitative estimate of drug-likeness (QED) is 0.643. The van der Waals surface area contributed by atoms with Crippen LogP contribution in [0.5, 0.6) is 5.75 Å². The fourth-order valence-electron chi connectivity index (χ4n) is 3.01. The molecule has 0 fully saturated rings. The molecule has 0 saturated carbocycles. The Morgan fingerprint density at radius 3 is 2.46 bits per heavy atom. The average molecular weight is 321 g/mol. The molecule has 1 aliphatic rings. The molecule has 1 aliphatic heterocycles. The molecule has 3 N–H and O–H groups in total. The second kappa shape index (κ2) is 5.50. The summed E-state index contributed by atoms with van der Waals surface area (Å²) in [6.45, 7) is 0.425. The van der Waals surface area contributed by atoms with Gasteiger partial charge in [-0.05, 0) is 42.3 Å². The molecule has 120 valence electrons. The Balaban J connectivity index is 1.47. The molecule has 2 aromatic carbocycles. The molecule has 1 aromatic heterocycles. The van der Waals surface area contributed by atoms with Crippen LogP contribution in [0.4, 0.5) is 0 Å². The number of imide groups is 1. The predicted octanol–water partition coefficient (Wildman–Crippen LogP) is 2.22. The number of fused-ring (bicyclic) bond motifs is 2. The summed E-state index contributed by atoms with van der Waals surface area (Å²) in [4.78, 5) is 27.7. The van der Waals surface area contributed by atoms with Crippen molar-refractivity contribution in [1.29, 1.82) is 0 Å². The summed E-state index contributed by atoms with van der Waals surface area (Å²) in [6.07, 6.45) is 2.48. The summed E-state index contributed by atoms with van der Waals surface area (Å²) in [5.74, 6) is -0.448. The SMILES string of the molecule is O=C1c2ccccc2C(=O)N1NCCc1c[nH]c2ccc(O)cc12. The van der Waals surface area contributed by atoms with E-state index >= 15 is 0 Å². The first-order chi connectivity index (χ1) is 11.6. The zero-order valence-electron chi connectivity index (χ0n) is 12.7. The van der Waals surface area contributed by atoms with Crippen molar-refractivity contribution >= 4 is 22.7 Å². The van der Waals surface area contributed by atoms with E-state index in [1.165, 1.54) is 0 Å². The molecule has 4 rings (SSSR count). The smallest absolute Gasteiger partial charge is 0.276 e. The number of aromatic nitrogens is 1. The zero-order valence-corrected chi connectivity index (χ0v) is 12.7. The van der Waals surface area contributed by atoms with E-state index in [4.69, 9.17) is 0 Å². The third kappa shape index (κ3) is 2.24. The summed E-state index contributed by atoms with van der Waals surface area (Å²) in [6, 6.07) is 11.9. The molecule has 0 radical (unpaired) electrons. The lowest BCUT2D eigenvalue weighted by Gasteiger charge is -2.14. The van der Waals surface area contributed by atoms with Gasteiger partial charge in [-0.3, -0.25) is 9.59 Å². The fourth-order valence-corrected chi connectivity index (χ4v) is 3.01. The van der Waals surface area contributed by atoms with E-state index in [-0.39, 0.29) is 17.6 Å². The maximum atomic E-state index is 12.3. The number of hydrazine groups is 1. The Morgan fingerprint density at radius 1 is 1.04 bits per heavy atom. The molecule has 0 bridgehead atoms. The van der Waals surface area contributed by atoms with Crippen molar-refractivity contribution < 1.29 is 14.7 Å². The van der Waals surface area contributed by atoms with Crippen molar-refractivity contribution in [2.75, 3.05) is 6.54 Å². The Labute approximate surface area is 137 Å². The highest BCUT2D eigenvalue weighted by atomic mass is 16.3. The van der Waals surface area contributed by atoms with Crippen LogP contribution in [-0.2, 0) is 6.42 Å². The van der Waals surface area contributed by atoms with Crippen LogP contribution in [0.15, 0.2) is 48.7 Å². The number of phenols is 1. The monoisotopic (exact) mass is 321 g/mol. The number of carbonyl (C=O) groups excluding carboxylic acids is 2. The minimum absolute atomic E-state index is 0.205. The molecule has 0 unspecified atom stereocenters. The van der Waals surface area contributed by atoms with E-state index < -0.39 is 0 Å². The Hall–Kier alpha value is -3.12. The van der Waals surface area contributed by atoms with Crippen LogP contribution in [0.3, 0.4) is 0 Å². The average Bonchev–Trinajstić information content (AvgIpc) is 3.09. The van der Waals surface area contributed by atoms with Gasteiger partial charge in [0.2, 0.25) is 0 Å². The third-order valence-electron chi connectivity index (χ3n) is 4.21. The van der Waals surface area contributed by atoms with Gasteiger partial charge in [-0.25, -0.2) is 10.4 Å². The van der Waals surface area contributed by atoms with Crippen LogP contribution in [0.2, 0.25) is 0 Å². The van der Waals surface area contributed by atoms with Crippen molar-refractivity contribution in [1.82, 2.24) is 15.4 Å². The molecule has 0 atom stereocenters. The van der Waals surface area contributed by atoms with Crippen molar-refractivity contribution in [3.63, 3.8) is 0 Å². The molecule has 6 nitrogen and oxygen atoms in total. The molecule has 3 aromatic rings. The molecule has 24 heavy (non-hydrogen) atoms. The van der Waals surface area contributed by atoms with E-state index in [2.05, 4.69) is 10.4 Å². The van der Waals surface area contributed by atoms with Crippen LogP contribution < -0.4 is 5.43 Å². The van der Waals surface area contributed by atoms with Gasteiger partial charge >= 0.3 is 0 Å². The first kappa shape index (κ1) is 14.5. The van der Waals surface area contributed by atoms with Crippen LogP contribution in [0, 0.1) is 0 Å². The van der Waals surface area contributed by atoms with Crippen molar-refractivity contribution in [3.05, 3.63) is 65.4 Å². The molecule has 0 aliphatic carbocycles. The normalized spacial score (nSPS) is 13.8. The molecule has 0 saturated heterocycles. The molecule has 0 spiro atoms. The summed E-state index contributed by atoms with van der Waals surface area (Å²) in [5.41, 5.74) is 5.69. The van der Waals surface area contributed by atoms with E-state index in [1.54, 1.807) is 36.4 Å². The van der Waals surface area contributed by atoms with Gasteiger partial charge in [0.15, 0.2) is 0 Å². The van der Waals surface area contributed by atoms with Gasteiger partial charge in [0.05, 0.1) is 11.1 Å². The summed E-state index contributed by atoms with van der Waals surface area (Å²) >= 11 is 0. The third-order valence-corrected chi connectivity index (χ3v) is 4.21. The van der Waals surface area contributed by atoms with Crippen molar-refractivity contribution in [2.24, 2.45) is 0 Å². The summed E-state index contributed by atoms with van der Waals surface area (Å²) in [5, 5.41) is 11.6. The largest absolute Gasteiger partial charge is 0.508 e. The lowest BCUT2D eigenvalue weighted by molar-refractivity contribution is 0.0568. The molecule has 2 amide bonds. The molecule has 6 heteroatoms. The second-order valence-electron chi connectivity index (χ2n) is 5.69. The van der Waals surface area contributed by atoms with Gasteiger partial charge < -0.3 is 10.1 Å². The summed E-state index contributed by atoms with van der Waals surface area (Å²) < 4.78 is 0. The van der Waals surface area contributed by atoms with Crippen molar-refractivity contribution in [2.45, 2.75) is 6.42 Å². The van der Waals surface area contributed by atoms with Crippen LogP contribution in [0.1, 0.15) is 26.3 Å². The topological polar surface area (TPSA) is 85.4 Å². The Morgan fingerprint density at radius 2 is 1.75 bits per heavy atom. The predicted molar refractivity (Wildman–Crippen MR) is 88.6 cm³/mol. The lowest BCUT2D eigenvalue weighted by Crippen LogP contribution is -2.43. The Kier molecular flexibility index (Phi) is 3.32. The van der Waals surface area contributed by atoms with Gasteiger partial charge in [-0.1, -0.05) is 12.1 Å². The molecular formula is C18H15N3O3. The number of hydrogen-bond donors (Lipinski definition) is 3. The first-order valence-corrected chi connectivity index (χ1v) is 7.65. The number of amides is 2. The van der Waals surface area contributed by atoms with Gasteiger partial charge in [-0.15, -0.1) is 0 Å². The van der Waals surface area contributed by atoms with E-state index in [9.17, 15) is 14.7 Å². The summed E-state index contributed by atoms with van der Waals surface area (Å²) in [7, 11) is 0. The number of hydrogen-bond acceptors (Lipinski definition) is 4. The highest BCUT2D eigenvalue weighted by molar-refractivity contribution is 6.20. The zero-order chi connectivity index (χ0) is 16.7. The maximum Gasteiger partial charge on any atom is 0.276 e. The minimum atomic E-state index is -0.327. The number of nitrogens with one attached hydrogen (secondary N) is 2. The van der Waals surface area contributed by atoms with Crippen LogP contribution >= 0.6 is 0 Å². The maximum absolute atomic E-state index is 12.3. The lowest BCUT2D eigenvalue weighted by atomic mass is 10.1. The number of nitrogens with zero attached hydrogens (tertiary/aromatic N) is 1. The number of aromatic amines is 1. The minimum Gasteiger partial charge on any atom is -0.508 e. The van der Waals surface area contributed by atoms with E-state index in [0.29, 0.717) is 24.1 Å². The molecule has 2 heterocycles. The highest BCUT2D eigenvalue weighted by Crippen LogP contribution is 2.24. The van der Waals surface area contributed by atoms with Crippen LogP contribution in [-0.4, -0.2) is 33.5 Å². The van der Waals surface area contributed by atoms with Gasteiger partial charge in [0.25, 0.3) is 11.8 Å². The van der Waals surface area contributed by atoms with Gasteiger partial charge in [0.1, 0.15) is 5.75 Å². The number of carbonyl (C=O) groups is 2. The number of aromatic hydroxyl groups is 1. The fraction of sp³-hybridized carbons (Fsp3) is 0.111. The van der Waals surface area contributed by atoms with Crippen LogP contribution in [0.25, 0.3) is 10.9 Å². The number of H-pyrrole nitrogens is 1. The number of benzene rings is 2.